The van der Waals surface area contributed by atoms with Gasteiger partial charge in [0.1, 0.15) is 6.54 Å². The van der Waals surface area contributed by atoms with E-state index in [0.29, 0.717) is 6.61 Å². The summed E-state index contributed by atoms with van der Waals surface area (Å²) in [4.78, 5) is 0. The SMILES string of the molecule is CCCCCCCCCCOCC(C[N+]1=Cc2ccccc2CC1)OS. The van der Waals surface area contributed by atoms with Crippen LogP contribution in [0.1, 0.15) is 69.4 Å². The van der Waals surface area contributed by atoms with Crippen LogP contribution in [0.25, 0.3) is 0 Å². The molecule has 0 amide bonds. The van der Waals surface area contributed by atoms with E-state index >= 15 is 0 Å². The Balaban J connectivity index is 1.56. The Kier molecular flexibility index (Phi) is 11.0. The molecular weight excluding hydrogens is 342 g/mol. The normalized spacial score (nSPS) is 14.8. The van der Waals surface area contributed by atoms with E-state index in [9.17, 15) is 0 Å². The van der Waals surface area contributed by atoms with E-state index < -0.39 is 0 Å². The van der Waals surface area contributed by atoms with Crippen molar-refractivity contribution in [3.63, 3.8) is 0 Å². The first-order valence-corrected chi connectivity index (χ1v) is 10.7. The van der Waals surface area contributed by atoms with E-state index in [1.165, 1.54) is 56.1 Å². The lowest BCUT2D eigenvalue weighted by Crippen LogP contribution is -2.33. The molecule has 0 fully saturated rings. The molecule has 0 spiro atoms. The molecule has 26 heavy (non-hydrogen) atoms. The van der Waals surface area contributed by atoms with Crippen molar-refractivity contribution in [1.29, 1.82) is 0 Å². The Hall–Kier alpha value is -0.840. The van der Waals surface area contributed by atoms with Crippen molar-refractivity contribution >= 4 is 19.1 Å². The summed E-state index contributed by atoms with van der Waals surface area (Å²) in [6, 6.07) is 8.60. The monoisotopic (exact) mass is 378 g/mol. The van der Waals surface area contributed by atoms with Gasteiger partial charge in [-0.2, -0.15) is 0 Å². The van der Waals surface area contributed by atoms with Crippen molar-refractivity contribution in [3.8, 4) is 0 Å². The van der Waals surface area contributed by atoms with Crippen LogP contribution in [0.3, 0.4) is 0 Å². The van der Waals surface area contributed by atoms with Gasteiger partial charge in [0.2, 0.25) is 0 Å². The molecule has 1 unspecified atom stereocenters. The zero-order chi connectivity index (χ0) is 18.5. The number of rotatable bonds is 14. The first kappa shape index (κ1) is 21.5. The molecule has 146 valence electrons. The van der Waals surface area contributed by atoms with Gasteiger partial charge in [-0.05, 0) is 31.0 Å². The average Bonchev–Trinajstić information content (AvgIpc) is 2.68. The summed E-state index contributed by atoms with van der Waals surface area (Å²) in [6.07, 6.45) is 13.9. The standard InChI is InChI=1S/C22H35NO2S/c1-2-3-4-5-6-7-8-11-16-24-19-22(25-26)18-23-15-14-20-12-9-10-13-21(20)17-23/h9-10,12-13,17,22H,2-8,11,14-16,18-19H2,1H3/p+1. The van der Waals surface area contributed by atoms with E-state index in [1.54, 1.807) is 0 Å². The highest BCUT2D eigenvalue weighted by molar-refractivity contribution is 7.75. The predicted octanol–water partition coefficient (Wildman–Crippen LogP) is 5.06. The van der Waals surface area contributed by atoms with Crippen LogP contribution in [-0.4, -0.2) is 43.2 Å². The van der Waals surface area contributed by atoms with Gasteiger partial charge in [-0.15, -0.1) is 0 Å². The van der Waals surface area contributed by atoms with E-state index in [-0.39, 0.29) is 6.10 Å². The molecule has 4 heteroatoms. The van der Waals surface area contributed by atoms with E-state index in [0.717, 1.165) is 32.5 Å². The Bertz CT molecular complexity index is 533. The van der Waals surface area contributed by atoms with Crippen molar-refractivity contribution < 1.29 is 13.5 Å². The molecule has 0 bridgehead atoms. The lowest BCUT2D eigenvalue weighted by molar-refractivity contribution is -0.532. The quantitative estimate of drug-likeness (QED) is 0.211. The van der Waals surface area contributed by atoms with Crippen molar-refractivity contribution in [2.45, 2.75) is 70.8 Å². The summed E-state index contributed by atoms with van der Waals surface area (Å²) in [7, 11) is 0. The van der Waals surface area contributed by atoms with E-state index in [4.69, 9.17) is 8.92 Å². The molecule has 3 nitrogen and oxygen atoms in total. The van der Waals surface area contributed by atoms with Gasteiger partial charge in [0, 0.05) is 18.6 Å². The van der Waals surface area contributed by atoms with Gasteiger partial charge in [0.25, 0.3) is 0 Å². The van der Waals surface area contributed by atoms with Gasteiger partial charge >= 0.3 is 0 Å². The zero-order valence-electron chi connectivity index (χ0n) is 16.4. The molecule has 1 atom stereocenters. The molecule has 0 N–H and O–H groups in total. The molecule has 1 aromatic carbocycles. The Morgan fingerprint density at radius 2 is 1.77 bits per heavy atom. The van der Waals surface area contributed by atoms with Gasteiger partial charge in [-0.25, -0.2) is 4.58 Å². The molecule has 0 saturated heterocycles. The van der Waals surface area contributed by atoms with Crippen LogP contribution in [0.2, 0.25) is 0 Å². The van der Waals surface area contributed by atoms with Gasteiger partial charge in [-0.1, -0.05) is 70.1 Å². The third kappa shape index (κ3) is 8.24. The van der Waals surface area contributed by atoms with Gasteiger partial charge < -0.3 is 8.92 Å². The molecule has 1 heterocycles. The number of nitrogens with zero attached hydrogens (tertiary/aromatic N) is 1. The topological polar surface area (TPSA) is 21.5 Å². The summed E-state index contributed by atoms with van der Waals surface area (Å²) in [5.41, 5.74) is 2.74. The number of benzene rings is 1. The van der Waals surface area contributed by atoms with Crippen molar-refractivity contribution in [3.05, 3.63) is 35.4 Å². The minimum atomic E-state index is 0.00823. The fourth-order valence-corrected chi connectivity index (χ4v) is 3.62. The van der Waals surface area contributed by atoms with Crippen LogP contribution in [0.4, 0.5) is 0 Å². The number of thiol groups is 1. The summed E-state index contributed by atoms with van der Waals surface area (Å²) in [6.45, 7) is 5.57. The highest BCUT2D eigenvalue weighted by atomic mass is 32.1. The van der Waals surface area contributed by atoms with Crippen LogP contribution >= 0.6 is 12.9 Å². The maximum atomic E-state index is 5.83. The number of unbranched alkanes of at least 4 members (excludes halogenated alkanes) is 7. The largest absolute Gasteiger partial charge is 0.378 e. The molecule has 1 aromatic rings. The first-order chi connectivity index (χ1) is 12.8. The van der Waals surface area contributed by atoms with Crippen LogP contribution in [0.15, 0.2) is 24.3 Å². The Morgan fingerprint density at radius 3 is 2.54 bits per heavy atom. The second kappa shape index (κ2) is 13.3. The van der Waals surface area contributed by atoms with Gasteiger partial charge in [-0.3, -0.25) is 0 Å². The van der Waals surface area contributed by atoms with E-state index in [1.807, 2.05) is 0 Å². The molecule has 1 aliphatic rings. The molecule has 2 rings (SSSR count). The fraction of sp³-hybridized carbons (Fsp3) is 0.682. The number of hydrogen-bond donors (Lipinski definition) is 1. The second-order valence-electron chi connectivity index (χ2n) is 7.35. The van der Waals surface area contributed by atoms with Crippen molar-refractivity contribution in [1.82, 2.24) is 0 Å². The molecule has 0 saturated carbocycles. The lowest BCUT2D eigenvalue weighted by Gasteiger charge is -2.17. The molecule has 1 aliphatic heterocycles. The Labute approximate surface area is 165 Å². The molecule has 0 radical (unpaired) electrons. The third-order valence-electron chi connectivity index (χ3n) is 5.08. The van der Waals surface area contributed by atoms with Crippen LogP contribution < -0.4 is 0 Å². The lowest BCUT2D eigenvalue weighted by atomic mass is 10.0. The summed E-state index contributed by atoms with van der Waals surface area (Å²) < 4.78 is 13.5. The van der Waals surface area contributed by atoms with Crippen LogP contribution in [-0.2, 0) is 15.3 Å². The maximum Gasteiger partial charge on any atom is 0.172 e. The number of ether oxygens (including phenoxy) is 1. The van der Waals surface area contributed by atoms with Gasteiger partial charge in [0.15, 0.2) is 18.9 Å². The maximum absolute atomic E-state index is 5.83. The smallest absolute Gasteiger partial charge is 0.172 e. The number of hydrogen-bond acceptors (Lipinski definition) is 3. The summed E-state index contributed by atoms with van der Waals surface area (Å²) in [5.74, 6) is 0. The average molecular weight is 379 g/mol. The second-order valence-corrected chi connectivity index (χ2v) is 7.56. The fourth-order valence-electron chi connectivity index (χ4n) is 3.49. The first-order valence-electron chi connectivity index (χ1n) is 10.4. The predicted molar refractivity (Wildman–Crippen MR) is 113 cm³/mol. The molecule has 0 aliphatic carbocycles. The Morgan fingerprint density at radius 1 is 1.04 bits per heavy atom. The molecular formula is C22H36NO2S+. The van der Waals surface area contributed by atoms with Crippen LogP contribution in [0, 0.1) is 0 Å². The van der Waals surface area contributed by atoms with Gasteiger partial charge in [0.05, 0.1) is 6.61 Å². The highest BCUT2D eigenvalue weighted by Gasteiger charge is 2.20. The van der Waals surface area contributed by atoms with Crippen LogP contribution in [0.5, 0.6) is 0 Å². The highest BCUT2D eigenvalue weighted by Crippen LogP contribution is 2.12. The minimum absolute atomic E-state index is 0.00823. The summed E-state index contributed by atoms with van der Waals surface area (Å²) in [5, 5.41) is 0. The van der Waals surface area contributed by atoms with Crippen molar-refractivity contribution in [2.24, 2.45) is 0 Å². The zero-order valence-corrected chi connectivity index (χ0v) is 17.3. The van der Waals surface area contributed by atoms with E-state index in [2.05, 4.69) is 54.9 Å². The summed E-state index contributed by atoms with van der Waals surface area (Å²) >= 11 is 4.05. The number of fused-ring (bicyclic) bond motifs is 1. The molecule has 0 aromatic heterocycles. The minimum Gasteiger partial charge on any atom is -0.378 e. The third-order valence-corrected chi connectivity index (χ3v) is 5.38. The van der Waals surface area contributed by atoms with Crippen molar-refractivity contribution in [2.75, 3.05) is 26.3 Å².